The van der Waals surface area contributed by atoms with Gasteiger partial charge in [0.05, 0.1) is 0 Å². The Balaban J connectivity index is 2.16. The molecule has 0 aliphatic rings. The fourth-order valence-electron chi connectivity index (χ4n) is 2.07. The first-order valence-corrected chi connectivity index (χ1v) is 7.69. The number of halogens is 1. The highest BCUT2D eigenvalue weighted by molar-refractivity contribution is 7.81. The van der Waals surface area contributed by atoms with Crippen molar-refractivity contribution >= 4 is 22.1 Å². The van der Waals surface area contributed by atoms with Gasteiger partial charge >= 0.3 is 10.5 Å². The first kappa shape index (κ1) is 16.0. The summed E-state index contributed by atoms with van der Waals surface area (Å²) < 4.78 is 37.2. The van der Waals surface area contributed by atoms with Crippen LogP contribution in [-0.2, 0) is 10.5 Å². The van der Waals surface area contributed by atoms with Gasteiger partial charge in [-0.3, -0.25) is 4.79 Å². The number of hydrogen-bond acceptors (Lipinski definition) is 4. The molecular formula is C15H14FNO4S. The molecule has 0 radical (unpaired) electrons. The van der Waals surface area contributed by atoms with Gasteiger partial charge in [0.15, 0.2) is 0 Å². The highest BCUT2D eigenvalue weighted by atomic mass is 32.3. The Hall–Kier alpha value is -2.41. The number of rotatable bonds is 4. The highest BCUT2D eigenvalue weighted by Crippen LogP contribution is 2.20. The summed E-state index contributed by atoms with van der Waals surface area (Å²) in [6.07, 6.45) is 0. The maximum atomic E-state index is 12.4. The van der Waals surface area contributed by atoms with E-state index in [1.54, 1.807) is 0 Å². The van der Waals surface area contributed by atoms with Crippen LogP contribution in [0.3, 0.4) is 0 Å². The molecule has 0 atom stereocenters. The Kier molecular flexibility index (Phi) is 4.46. The third kappa shape index (κ3) is 4.05. The second kappa shape index (κ2) is 6.15. The van der Waals surface area contributed by atoms with E-state index in [1.807, 2.05) is 32.0 Å². The van der Waals surface area contributed by atoms with Crippen molar-refractivity contribution in [2.24, 2.45) is 0 Å². The quantitative estimate of drug-likeness (QED) is 0.877. The molecule has 0 saturated carbocycles. The zero-order valence-electron chi connectivity index (χ0n) is 12.0. The molecule has 0 fully saturated rings. The van der Waals surface area contributed by atoms with Crippen LogP contribution in [0.1, 0.15) is 21.5 Å². The van der Waals surface area contributed by atoms with E-state index < -0.39 is 10.5 Å². The average molecular weight is 323 g/mol. The molecule has 1 amide bonds. The topological polar surface area (TPSA) is 72.5 Å². The lowest BCUT2D eigenvalue weighted by Gasteiger charge is -2.10. The van der Waals surface area contributed by atoms with Gasteiger partial charge in [-0.25, -0.2) is 0 Å². The molecular weight excluding hydrogens is 309 g/mol. The molecule has 22 heavy (non-hydrogen) atoms. The Bertz CT molecular complexity index is 781. The number of anilines is 1. The fourth-order valence-corrected chi connectivity index (χ4v) is 2.42. The smallest absolute Gasteiger partial charge is 0.358 e. The molecule has 0 bridgehead atoms. The van der Waals surface area contributed by atoms with Crippen LogP contribution >= 0.6 is 0 Å². The Morgan fingerprint density at radius 2 is 1.59 bits per heavy atom. The SMILES string of the molecule is Cc1cccc(C)c1C(=O)Nc1ccc(OS(=O)(=O)F)cc1. The van der Waals surface area contributed by atoms with Gasteiger partial charge in [-0.15, -0.1) is 0 Å². The zero-order chi connectivity index (χ0) is 16.3. The normalized spacial score (nSPS) is 11.0. The van der Waals surface area contributed by atoms with Crippen molar-refractivity contribution in [3.63, 3.8) is 0 Å². The van der Waals surface area contributed by atoms with Gasteiger partial charge in [0.2, 0.25) is 0 Å². The van der Waals surface area contributed by atoms with E-state index in [9.17, 15) is 17.1 Å². The lowest BCUT2D eigenvalue weighted by atomic mass is 10.0. The van der Waals surface area contributed by atoms with Crippen LogP contribution in [0.25, 0.3) is 0 Å². The Morgan fingerprint density at radius 3 is 2.09 bits per heavy atom. The van der Waals surface area contributed by atoms with E-state index in [0.717, 1.165) is 11.1 Å². The van der Waals surface area contributed by atoms with Crippen LogP contribution in [0.2, 0.25) is 0 Å². The van der Waals surface area contributed by atoms with Crippen LogP contribution < -0.4 is 9.50 Å². The van der Waals surface area contributed by atoms with Crippen molar-refractivity contribution in [2.45, 2.75) is 13.8 Å². The van der Waals surface area contributed by atoms with Gasteiger partial charge in [0, 0.05) is 11.3 Å². The summed E-state index contributed by atoms with van der Waals surface area (Å²) in [5.41, 5.74) is 2.72. The standard InChI is InChI=1S/C15H14FNO4S/c1-10-4-3-5-11(2)14(10)15(18)17-12-6-8-13(9-7-12)21-22(16,19)20/h3-9H,1-2H3,(H,17,18). The molecule has 0 aromatic heterocycles. The van der Waals surface area contributed by atoms with Crippen LogP contribution in [0.15, 0.2) is 42.5 Å². The minimum atomic E-state index is -5.05. The predicted octanol–water partition coefficient (Wildman–Crippen LogP) is 3.15. The van der Waals surface area contributed by atoms with Crippen molar-refractivity contribution in [3.05, 3.63) is 59.2 Å². The number of amides is 1. The molecule has 2 aromatic rings. The molecule has 1 N–H and O–H groups in total. The summed E-state index contributed by atoms with van der Waals surface area (Å²) in [5.74, 6) is -0.449. The summed E-state index contributed by atoms with van der Waals surface area (Å²) in [7, 11) is -5.05. The van der Waals surface area contributed by atoms with E-state index in [2.05, 4.69) is 9.50 Å². The van der Waals surface area contributed by atoms with E-state index in [0.29, 0.717) is 11.3 Å². The summed E-state index contributed by atoms with van der Waals surface area (Å²) in [6.45, 7) is 3.68. The van der Waals surface area contributed by atoms with Crippen LogP contribution in [-0.4, -0.2) is 14.3 Å². The zero-order valence-corrected chi connectivity index (χ0v) is 12.8. The van der Waals surface area contributed by atoms with Gasteiger partial charge in [0.25, 0.3) is 5.91 Å². The monoisotopic (exact) mass is 323 g/mol. The minimum absolute atomic E-state index is 0.174. The summed E-state index contributed by atoms with van der Waals surface area (Å²) in [4.78, 5) is 12.3. The maximum absolute atomic E-state index is 12.4. The number of aryl methyl sites for hydroxylation is 2. The predicted molar refractivity (Wildman–Crippen MR) is 81.0 cm³/mol. The maximum Gasteiger partial charge on any atom is 0.488 e. The molecule has 0 aliphatic carbocycles. The van der Waals surface area contributed by atoms with Gasteiger partial charge in [-0.05, 0) is 49.2 Å². The number of carbonyl (C=O) groups is 1. The highest BCUT2D eigenvalue weighted by Gasteiger charge is 2.13. The molecule has 0 saturated heterocycles. The van der Waals surface area contributed by atoms with E-state index in [1.165, 1.54) is 24.3 Å². The van der Waals surface area contributed by atoms with Gasteiger partial charge in [-0.2, -0.15) is 8.42 Å². The third-order valence-corrected chi connectivity index (χ3v) is 3.41. The van der Waals surface area contributed by atoms with E-state index in [4.69, 9.17) is 0 Å². The Morgan fingerprint density at radius 1 is 1.05 bits per heavy atom. The first-order valence-electron chi connectivity index (χ1n) is 6.38. The van der Waals surface area contributed by atoms with Crippen molar-refractivity contribution in [1.29, 1.82) is 0 Å². The second-order valence-electron chi connectivity index (χ2n) is 4.72. The largest absolute Gasteiger partial charge is 0.488 e. The van der Waals surface area contributed by atoms with Crippen molar-refractivity contribution in [2.75, 3.05) is 5.32 Å². The molecule has 0 unspecified atom stereocenters. The molecule has 0 heterocycles. The molecule has 0 spiro atoms. The lowest BCUT2D eigenvalue weighted by Crippen LogP contribution is -2.14. The van der Waals surface area contributed by atoms with Crippen molar-refractivity contribution < 1.29 is 21.3 Å². The molecule has 2 rings (SSSR count). The van der Waals surface area contributed by atoms with Gasteiger partial charge in [0.1, 0.15) is 5.75 Å². The summed E-state index contributed by atoms with van der Waals surface area (Å²) >= 11 is 0. The van der Waals surface area contributed by atoms with Crippen LogP contribution in [0, 0.1) is 13.8 Å². The van der Waals surface area contributed by atoms with Gasteiger partial charge in [-0.1, -0.05) is 22.1 Å². The summed E-state index contributed by atoms with van der Waals surface area (Å²) in [6, 6.07) is 10.9. The van der Waals surface area contributed by atoms with Crippen molar-refractivity contribution in [1.82, 2.24) is 0 Å². The van der Waals surface area contributed by atoms with E-state index >= 15 is 0 Å². The number of benzene rings is 2. The fraction of sp³-hybridized carbons (Fsp3) is 0.133. The lowest BCUT2D eigenvalue weighted by molar-refractivity contribution is 0.102. The number of carbonyl (C=O) groups excluding carboxylic acids is 1. The molecule has 5 nitrogen and oxygen atoms in total. The molecule has 2 aromatic carbocycles. The average Bonchev–Trinajstić information content (AvgIpc) is 2.39. The second-order valence-corrected chi connectivity index (χ2v) is 5.67. The number of hydrogen-bond donors (Lipinski definition) is 1. The van der Waals surface area contributed by atoms with Crippen molar-refractivity contribution in [3.8, 4) is 5.75 Å². The van der Waals surface area contributed by atoms with Crippen LogP contribution in [0.4, 0.5) is 9.57 Å². The first-order chi connectivity index (χ1) is 10.3. The third-order valence-electron chi connectivity index (χ3n) is 3.02. The van der Waals surface area contributed by atoms with E-state index in [-0.39, 0.29) is 11.7 Å². The number of nitrogens with one attached hydrogen (secondary N) is 1. The Labute approximate surface area is 128 Å². The van der Waals surface area contributed by atoms with Crippen LogP contribution in [0.5, 0.6) is 5.75 Å². The molecule has 0 aliphatic heterocycles. The summed E-state index contributed by atoms with van der Waals surface area (Å²) in [5, 5.41) is 2.69. The van der Waals surface area contributed by atoms with Gasteiger partial charge < -0.3 is 9.50 Å². The minimum Gasteiger partial charge on any atom is -0.358 e. The molecule has 116 valence electrons. The molecule has 7 heteroatoms.